The fourth-order valence-electron chi connectivity index (χ4n) is 4.86. The van der Waals surface area contributed by atoms with Crippen LogP contribution in [0.2, 0.25) is 0 Å². The number of methoxy groups -OCH3 is 1. The number of hydrogen-bond acceptors (Lipinski definition) is 5. The van der Waals surface area contributed by atoms with Gasteiger partial charge in [0.1, 0.15) is 11.6 Å². The van der Waals surface area contributed by atoms with E-state index in [0.29, 0.717) is 29.3 Å². The van der Waals surface area contributed by atoms with Gasteiger partial charge in [0.25, 0.3) is 5.91 Å². The second-order valence-electron chi connectivity index (χ2n) is 8.01. The van der Waals surface area contributed by atoms with Gasteiger partial charge in [-0.15, -0.1) is 0 Å². The van der Waals surface area contributed by atoms with Gasteiger partial charge in [-0.25, -0.2) is 9.97 Å². The molecule has 0 saturated heterocycles. The zero-order valence-corrected chi connectivity index (χ0v) is 17.5. The molecule has 2 bridgehead atoms. The lowest BCUT2D eigenvalue weighted by atomic mass is 9.97. The highest BCUT2D eigenvalue weighted by molar-refractivity contribution is 5.98. The third-order valence-electron chi connectivity index (χ3n) is 6.24. The van der Waals surface area contributed by atoms with E-state index in [1.54, 1.807) is 31.5 Å². The van der Waals surface area contributed by atoms with Crippen LogP contribution < -0.4 is 14.8 Å². The summed E-state index contributed by atoms with van der Waals surface area (Å²) in [5, 5.41) is 2.99. The van der Waals surface area contributed by atoms with Gasteiger partial charge >= 0.3 is 6.61 Å². The van der Waals surface area contributed by atoms with Crippen molar-refractivity contribution >= 4 is 16.9 Å². The molecule has 166 valence electrons. The summed E-state index contributed by atoms with van der Waals surface area (Å²) in [5.74, 6) is 0.911. The summed E-state index contributed by atoms with van der Waals surface area (Å²) in [6, 6.07) is 13.5. The number of benzene rings is 2. The number of carbonyl (C=O) groups excluding carboxylic acids is 1. The number of imidazole rings is 1. The van der Waals surface area contributed by atoms with Crippen molar-refractivity contribution in [2.24, 2.45) is 0 Å². The van der Waals surface area contributed by atoms with Crippen molar-refractivity contribution < 1.29 is 23.0 Å². The number of carbonyl (C=O) groups is 1. The summed E-state index contributed by atoms with van der Waals surface area (Å²) in [6.07, 6.45) is 2.24. The number of nitrogens with zero attached hydrogens (tertiary/aromatic N) is 3. The van der Waals surface area contributed by atoms with Gasteiger partial charge in [0.15, 0.2) is 0 Å². The molecule has 7 nitrogen and oxygen atoms in total. The Morgan fingerprint density at radius 3 is 2.76 bits per heavy atom. The number of fused-ring (bicyclic) bond motifs is 9. The number of halogens is 2. The van der Waals surface area contributed by atoms with Crippen LogP contribution in [-0.4, -0.2) is 34.2 Å². The lowest BCUT2D eigenvalue weighted by Gasteiger charge is -2.21. The maximum Gasteiger partial charge on any atom is 0.387 e. The Labute approximate surface area is 187 Å². The molecule has 1 N–H and O–H groups in total. The zero-order valence-electron chi connectivity index (χ0n) is 17.5. The van der Waals surface area contributed by atoms with Crippen molar-refractivity contribution in [1.82, 2.24) is 19.9 Å². The number of amides is 1. The fourth-order valence-corrected chi connectivity index (χ4v) is 4.86. The Morgan fingerprint density at radius 2 is 2.00 bits per heavy atom. The largest absolute Gasteiger partial charge is 0.481 e. The summed E-state index contributed by atoms with van der Waals surface area (Å²) in [4.78, 5) is 21.9. The molecular weight excluding hydrogens is 430 g/mol. The normalized spacial score (nSPS) is 18.6. The van der Waals surface area contributed by atoms with E-state index in [1.165, 1.54) is 6.07 Å². The average molecular weight is 448 g/mol. The average Bonchev–Trinajstić information content (AvgIpc) is 3.31. The van der Waals surface area contributed by atoms with E-state index in [1.807, 2.05) is 28.8 Å². The first-order valence-corrected chi connectivity index (χ1v) is 10.4. The SMILES string of the molecule is COc1ccc(-c2ccc3nc4n(c3c2)[C@H]2C[C@@H]4NC(=O)c3cccc(OC(F)F)c32)cn1. The van der Waals surface area contributed by atoms with Crippen molar-refractivity contribution in [3.05, 3.63) is 71.7 Å². The first-order chi connectivity index (χ1) is 16.0. The molecule has 4 heterocycles. The zero-order chi connectivity index (χ0) is 22.7. The fraction of sp³-hybridized carbons (Fsp3) is 0.208. The topological polar surface area (TPSA) is 78.3 Å². The number of pyridine rings is 1. The number of aromatic nitrogens is 3. The van der Waals surface area contributed by atoms with Gasteiger partial charge in [0.05, 0.1) is 30.2 Å². The van der Waals surface area contributed by atoms with E-state index in [4.69, 9.17) is 14.5 Å². The van der Waals surface area contributed by atoms with Crippen LogP contribution >= 0.6 is 0 Å². The predicted molar refractivity (Wildman–Crippen MR) is 116 cm³/mol. The number of ether oxygens (including phenoxy) is 2. The Morgan fingerprint density at radius 1 is 1.15 bits per heavy atom. The lowest BCUT2D eigenvalue weighted by Crippen LogP contribution is -2.28. The van der Waals surface area contributed by atoms with E-state index < -0.39 is 6.61 Å². The molecule has 0 fully saturated rings. The van der Waals surface area contributed by atoms with Gasteiger partial charge in [0.2, 0.25) is 5.88 Å². The second-order valence-corrected chi connectivity index (χ2v) is 8.01. The first kappa shape index (κ1) is 19.7. The van der Waals surface area contributed by atoms with E-state index >= 15 is 0 Å². The van der Waals surface area contributed by atoms with E-state index in [0.717, 1.165) is 22.2 Å². The highest BCUT2D eigenvalue weighted by Gasteiger charge is 2.42. The van der Waals surface area contributed by atoms with Gasteiger partial charge in [-0.1, -0.05) is 12.1 Å². The molecule has 2 aromatic heterocycles. The van der Waals surface area contributed by atoms with E-state index in [-0.39, 0.29) is 23.7 Å². The lowest BCUT2D eigenvalue weighted by molar-refractivity contribution is -0.0507. The van der Waals surface area contributed by atoms with Crippen molar-refractivity contribution in [3.63, 3.8) is 0 Å². The quantitative estimate of drug-likeness (QED) is 0.498. The van der Waals surface area contributed by atoms with Crippen molar-refractivity contribution in [2.45, 2.75) is 25.1 Å². The van der Waals surface area contributed by atoms with Crippen molar-refractivity contribution in [2.75, 3.05) is 7.11 Å². The molecule has 2 atom stereocenters. The number of alkyl halides is 2. The highest BCUT2D eigenvalue weighted by atomic mass is 19.3. The molecule has 0 unspecified atom stereocenters. The molecule has 2 aliphatic heterocycles. The van der Waals surface area contributed by atoms with Gasteiger partial charge in [0, 0.05) is 29.0 Å². The Hall–Kier alpha value is -4.01. The van der Waals surface area contributed by atoms with Gasteiger partial charge in [-0.05, 0) is 42.3 Å². The molecule has 0 aliphatic carbocycles. The molecule has 33 heavy (non-hydrogen) atoms. The molecule has 0 spiro atoms. The molecule has 6 rings (SSSR count). The van der Waals surface area contributed by atoms with Crippen LogP contribution in [0.5, 0.6) is 11.6 Å². The summed E-state index contributed by atoms with van der Waals surface area (Å²) in [6.45, 7) is -2.99. The van der Waals surface area contributed by atoms with Crippen LogP contribution in [0, 0.1) is 0 Å². The maximum atomic E-state index is 13.2. The summed E-state index contributed by atoms with van der Waals surface area (Å²) in [7, 11) is 1.56. The maximum absolute atomic E-state index is 13.2. The molecular formula is C24H18F2N4O3. The molecule has 2 aromatic carbocycles. The highest BCUT2D eigenvalue weighted by Crippen LogP contribution is 2.47. The third-order valence-corrected chi connectivity index (χ3v) is 6.24. The van der Waals surface area contributed by atoms with E-state index in [9.17, 15) is 13.6 Å². The minimum absolute atomic E-state index is 0.00788. The van der Waals surface area contributed by atoms with Gasteiger partial charge < -0.3 is 19.4 Å². The van der Waals surface area contributed by atoms with Gasteiger partial charge in [-0.2, -0.15) is 8.78 Å². The minimum Gasteiger partial charge on any atom is -0.481 e. The minimum atomic E-state index is -2.99. The molecule has 1 amide bonds. The van der Waals surface area contributed by atoms with Crippen molar-refractivity contribution in [1.29, 1.82) is 0 Å². The van der Waals surface area contributed by atoms with Crippen molar-refractivity contribution in [3.8, 4) is 22.8 Å². The van der Waals surface area contributed by atoms with Crippen LogP contribution in [0.3, 0.4) is 0 Å². The second kappa shape index (κ2) is 7.26. The molecule has 4 aromatic rings. The summed E-state index contributed by atoms with van der Waals surface area (Å²) in [5.41, 5.74) is 4.23. The number of rotatable bonds is 4. The van der Waals surface area contributed by atoms with Crippen LogP contribution in [0.4, 0.5) is 8.78 Å². The smallest absolute Gasteiger partial charge is 0.387 e. The summed E-state index contributed by atoms with van der Waals surface area (Å²) >= 11 is 0. The van der Waals surface area contributed by atoms with Crippen LogP contribution in [0.1, 0.15) is 40.3 Å². The first-order valence-electron chi connectivity index (χ1n) is 10.4. The van der Waals surface area contributed by atoms with Crippen LogP contribution in [0.15, 0.2) is 54.7 Å². The Balaban J connectivity index is 1.53. The molecule has 2 aliphatic rings. The third kappa shape index (κ3) is 3.03. The van der Waals surface area contributed by atoms with Crippen LogP contribution in [0.25, 0.3) is 22.2 Å². The van der Waals surface area contributed by atoms with Gasteiger partial charge in [-0.3, -0.25) is 4.79 Å². The van der Waals surface area contributed by atoms with E-state index in [2.05, 4.69) is 10.3 Å². The van der Waals surface area contributed by atoms with Crippen LogP contribution in [-0.2, 0) is 0 Å². The molecule has 9 heteroatoms. The molecule has 0 saturated carbocycles. The summed E-state index contributed by atoms with van der Waals surface area (Å²) < 4.78 is 38.3. The molecule has 0 radical (unpaired) electrons. The predicted octanol–water partition coefficient (Wildman–Crippen LogP) is 4.49. The number of nitrogens with one attached hydrogen (secondary N) is 1. The standard InChI is InChI=1S/C24H18F2N4O3/c1-32-20-8-6-13(11-27-20)12-5-7-15-17(9-12)30-18-10-16(22(30)28-15)29-23(31)14-3-2-4-19(21(14)18)33-24(25)26/h2-9,11,16,18,24H,10H2,1H3,(H,29,31)/t16-,18-/m0/s1. The number of hydrogen-bond donors (Lipinski definition) is 1. The Kier molecular flexibility index (Phi) is 4.33. The Bertz CT molecular complexity index is 1400. The monoisotopic (exact) mass is 448 g/mol.